The number of para-hydroxylation sites is 1. The zero-order valence-corrected chi connectivity index (χ0v) is 13.0. The van der Waals surface area contributed by atoms with Crippen molar-refractivity contribution in [2.24, 2.45) is 0 Å². The topological polar surface area (TPSA) is 46.3 Å². The molecule has 0 atom stereocenters. The van der Waals surface area contributed by atoms with E-state index >= 15 is 0 Å². The standard InChI is InChI=1S/C14H15BrN2OS/c1-2-17(9-10-5-3-4-6-12(10)16)14(18)13-11(15)7-8-19-13/h3-8H,2,9,16H2,1H3. The first kappa shape index (κ1) is 14.1. The summed E-state index contributed by atoms with van der Waals surface area (Å²) in [7, 11) is 0. The van der Waals surface area contributed by atoms with Crippen molar-refractivity contribution in [2.75, 3.05) is 12.3 Å². The number of amides is 1. The van der Waals surface area contributed by atoms with Crippen LogP contribution in [0.2, 0.25) is 0 Å². The Hall–Kier alpha value is -1.33. The highest BCUT2D eigenvalue weighted by atomic mass is 79.9. The minimum absolute atomic E-state index is 0.0348. The predicted octanol–water partition coefficient (Wildman–Crippen LogP) is 3.76. The zero-order valence-electron chi connectivity index (χ0n) is 10.6. The van der Waals surface area contributed by atoms with E-state index in [1.165, 1.54) is 11.3 Å². The van der Waals surface area contributed by atoms with Gasteiger partial charge in [0.15, 0.2) is 0 Å². The fraction of sp³-hybridized carbons (Fsp3) is 0.214. The van der Waals surface area contributed by atoms with Gasteiger partial charge in [0.1, 0.15) is 4.88 Å². The summed E-state index contributed by atoms with van der Waals surface area (Å²) in [5, 5.41) is 1.90. The molecule has 0 aliphatic heterocycles. The first-order valence-electron chi connectivity index (χ1n) is 5.99. The van der Waals surface area contributed by atoms with Crippen LogP contribution < -0.4 is 5.73 Å². The number of hydrogen-bond acceptors (Lipinski definition) is 3. The maximum absolute atomic E-state index is 12.4. The largest absolute Gasteiger partial charge is 0.398 e. The van der Waals surface area contributed by atoms with Gasteiger partial charge in [0.25, 0.3) is 5.91 Å². The second kappa shape index (κ2) is 6.21. The third-order valence-electron chi connectivity index (χ3n) is 2.90. The lowest BCUT2D eigenvalue weighted by Gasteiger charge is -2.21. The van der Waals surface area contributed by atoms with E-state index in [1.54, 1.807) is 4.90 Å². The highest BCUT2D eigenvalue weighted by molar-refractivity contribution is 9.10. The Labute approximate surface area is 125 Å². The Morgan fingerprint density at radius 3 is 2.68 bits per heavy atom. The van der Waals surface area contributed by atoms with Gasteiger partial charge in [0, 0.05) is 23.2 Å². The van der Waals surface area contributed by atoms with Crippen molar-refractivity contribution in [3.63, 3.8) is 0 Å². The normalized spacial score (nSPS) is 10.4. The van der Waals surface area contributed by atoms with Crippen LogP contribution in [0.25, 0.3) is 0 Å². The molecule has 5 heteroatoms. The van der Waals surface area contributed by atoms with Crippen LogP contribution in [0.5, 0.6) is 0 Å². The summed E-state index contributed by atoms with van der Waals surface area (Å²) in [6.07, 6.45) is 0. The van der Waals surface area contributed by atoms with Crippen molar-refractivity contribution < 1.29 is 4.79 Å². The van der Waals surface area contributed by atoms with E-state index in [0.717, 1.165) is 20.6 Å². The van der Waals surface area contributed by atoms with Gasteiger partial charge in [-0.05, 0) is 45.9 Å². The van der Waals surface area contributed by atoms with Crippen molar-refractivity contribution in [3.05, 3.63) is 50.6 Å². The molecule has 100 valence electrons. The molecule has 0 spiro atoms. The molecular formula is C14H15BrN2OS. The number of nitrogen functional groups attached to an aromatic ring is 1. The lowest BCUT2D eigenvalue weighted by molar-refractivity contribution is 0.0757. The highest BCUT2D eigenvalue weighted by Crippen LogP contribution is 2.25. The van der Waals surface area contributed by atoms with E-state index < -0.39 is 0 Å². The smallest absolute Gasteiger partial charge is 0.265 e. The SMILES string of the molecule is CCN(Cc1ccccc1N)C(=O)c1sccc1Br. The molecule has 19 heavy (non-hydrogen) atoms. The Balaban J connectivity index is 2.20. The molecule has 1 aromatic carbocycles. The second-order valence-electron chi connectivity index (χ2n) is 4.12. The maximum atomic E-state index is 12.4. The Morgan fingerprint density at radius 2 is 2.11 bits per heavy atom. The quantitative estimate of drug-likeness (QED) is 0.863. The minimum atomic E-state index is 0.0348. The van der Waals surface area contributed by atoms with Gasteiger partial charge >= 0.3 is 0 Å². The Kier molecular flexibility index (Phi) is 4.61. The molecule has 1 heterocycles. The van der Waals surface area contributed by atoms with Crippen LogP contribution in [-0.2, 0) is 6.54 Å². The van der Waals surface area contributed by atoms with E-state index in [4.69, 9.17) is 5.73 Å². The van der Waals surface area contributed by atoms with Gasteiger partial charge in [-0.1, -0.05) is 18.2 Å². The maximum Gasteiger partial charge on any atom is 0.265 e. The van der Waals surface area contributed by atoms with Gasteiger partial charge in [0.05, 0.1) is 0 Å². The first-order valence-corrected chi connectivity index (χ1v) is 7.66. The molecular weight excluding hydrogens is 324 g/mol. The lowest BCUT2D eigenvalue weighted by Crippen LogP contribution is -2.30. The lowest BCUT2D eigenvalue weighted by atomic mass is 10.1. The summed E-state index contributed by atoms with van der Waals surface area (Å²) in [6.45, 7) is 3.16. The molecule has 1 amide bonds. The van der Waals surface area contributed by atoms with Crippen LogP contribution in [0.4, 0.5) is 5.69 Å². The molecule has 3 nitrogen and oxygen atoms in total. The molecule has 1 aromatic heterocycles. The molecule has 0 unspecified atom stereocenters. The van der Waals surface area contributed by atoms with Crippen LogP contribution in [0, 0.1) is 0 Å². The average Bonchev–Trinajstić information content (AvgIpc) is 2.83. The van der Waals surface area contributed by atoms with E-state index in [0.29, 0.717) is 13.1 Å². The summed E-state index contributed by atoms with van der Waals surface area (Å²) < 4.78 is 0.849. The Morgan fingerprint density at radius 1 is 1.37 bits per heavy atom. The highest BCUT2D eigenvalue weighted by Gasteiger charge is 2.18. The summed E-state index contributed by atoms with van der Waals surface area (Å²) in [5.41, 5.74) is 7.63. The fourth-order valence-corrected chi connectivity index (χ4v) is 3.31. The summed E-state index contributed by atoms with van der Waals surface area (Å²) in [4.78, 5) is 15.0. The number of carbonyl (C=O) groups is 1. The van der Waals surface area contributed by atoms with Crippen LogP contribution in [0.3, 0.4) is 0 Å². The molecule has 0 fully saturated rings. The first-order chi connectivity index (χ1) is 9.13. The number of anilines is 1. The van der Waals surface area contributed by atoms with Gasteiger partial charge in [-0.3, -0.25) is 4.79 Å². The summed E-state index contributed by atoms with van der Waals surface area (Å²) in [5.74, 6) is 0.0348. The third kappa shape index (κ3) is 3.16. The number of thiophene rings is 1. The van der Waals surface area contributed by atoms with E-state index in [2.05, 4.69) is 15.9 Å². The molecule has 2 N–H and O–H groups in total. The predicted molar refractivity (Wildman–Crippen MR) is 83.3 cm³/mol. The van der Waals surface area contributed by atoms with Crippen LogP contribution in [-0.4, -0.2) is 17.4 Å². The van der Waals surface area contributed by atoms with Crippen molar-refractivity contribution in [2.45, 2.75) is 13.5 Å². The molecule has 0 aliphatic carbocycles. The summed E-state index contributed by atoms with van der Waals surface area (Å²) in [6, 6.07) is 9.53. The van der Waals surface area contributed by atoms with Gasteiger partial charge in [0.2, 0.25) is 0 Å². The molecule has 0 radical (unpaired) electrons. The second-order valence-corrected chi connectivity index (χ2v) is 5.89. The number of carbonyl (C=O) groups excluding carboxylic acids is 1. The minimum Gasteiger partial charge on any atom is -0.398 e. The number of rotatable bonds is 4. The van der Waals surface area contributed by atoms with Crippen molar-refractivity contribution in [1.82, 2.24) is 4.90 Å². The number of benzene rings is 1. The molecule has 2 aromatic rings. The average molecular weight is 339 g/mol. The van der Waals surface area contributed by atoms with Gasteiger partial charge in [-0.25, -0.2) is 0 Å². The summed E-state index contributed by atoms with van der Waals surface area (Å²) >= 11 is 4.85. The van der Waals surface area contributed by atoms with Gasteiger partial charge in [-0.15, -0.1) is 11.3 Å². The van der Waals surface area contributed by atoms with Crippen molar-refractivity contribution in [3.8, 4) is 0 Å². The Bertz CT molecular complexity index is 582. The number of nitrogens with zero attached hydrogens (tertiary/aromatic N) is 1. The molecule has 0 aliphatic rings. The van der Waals surface area contributed by atoms with E-state index in [1.807, 2.05) is 42.6 Å². The monoisotopic (exact) mass is 338 g/mol. The number of halogens is 1. The molecule has 2 rings (SSSR count). The van der Waals surface area contributed by atoms with E-state index in [9.17, 15) is 4.79 Å². The van der Waals surface area contributed by atoms with Crippen molar-refractivity contribution >= 4 is 38.9 Å². The zero-order chi connectivity index (χ0) is 13.8. The van der Waals surface area contributed by atoms with Crippen LogP contribution >= 0.6 is 27.3 Å². The molecule has 0 saturated heterocycles. The van der Waals surface area contributed by atoms with Gasteiger partial charge < -0.3 is 10.6 Å². The molecule has 0 bridgehead atoms. The van der Waals surface area contributed by atoms with E-state index in [-0.39, 0.29) is 5.91 Å². The van der Waals surface area contributed by atoms with Crippen LogP contribution in [0.1, 0.15) is 22.2 Å². The molecule has 0 saturated carbocycles. The number of hydrogen-bond donors (Lipinski definition) is 1. The van der Waals surface area contributed by atoms with Crippen LogP contribution in [0.15, 0.2) is 40.2 Å². The number of nitrogens with two attached hydrogens (primary N) is 1. The third-order valence-corrected chi connectivity index (χ3v) is 4.72. The van der Waals surface area contributed by atoms with Crippen molar-refractivity contribution in [1.29, 1.82) is 0 Å². The van der Waals surface area contributed by atoms with Gasteiger partial charge in [-0.2, -0.15) is 0 Å². The fourth-order valence-electron chi connectivity index (χ4n) is 1.80.